The Hall–Kier alpha value is -2.31. The number of hydrogen-bond donors (Lipinski definition) is 2. The Labute approximate surface area is 151 Å². The number of halogens is 1. The van der Waals surface area contributed by atoms with E-state index in [0.717, 1.165) is 5.56 Å². The summed E-state index contributed by atoms with van der Waals surface area (Å²) in [5.74, 6) is 0.619. The molecule has 1 unspecified atom stereocenters. The van der Waals surface area contributed by atoms with Crippen molar-refractivity contribution < 1.29 is 14.6 Å². The second-order valence-corrected chi connectivity index (χ2v) is 6.55. The van der Waals surface area contributed by atoms with Gasteiger partial charge in [-0.3, -0.25) is 9.88 Å². The van der Waals surface area contributed by atoms with Crippen molar-refractivity contribution in [3.63, 3.8) is 0 Å². The zero-order chi connectivity index (χ0) is 17.7. The zero-order valence-electron chi connectivity index (χ0n) is 13.7. The molecule has 0 saturated carbocycles. The van der Waals surface area contributed by atoms with Crippen LogP contribution in [-0.2, 0) is 6.42 Å². The summed E-state index contributed by atoms with van der Waals surface area (Å²) in [6.45, 7) is 1.80. The van der Waals surface area contributed by atoms with E-state index in [2.05, 4.69) is 10.3 Å². The standard InChI is InChI=1S/C18H20ClN3O3/c19-15-5-3-14(4-6-15)10-18(12-21-8-9-22(18)17(23)24)13-25-16-2-1-7-20-11-16/h1-7,11,21H,8-10,12-13H2,(H,23,24). The Morgan fingerprint density at radius 3 is 2.84 bits per heavy atom. The number of aromatic nitrogens is 1. The third kappa shape index (κ3) is 4.21. The molecule has 0 spiro atoms. The molecule has 2 heterocycles. The normalized spacial score (nSPS) is 20.3. The fourth-order valence-electron chi connectivity index (χ4n) is 3.11. The van der Waals surface area contributed by atoms with Gasteiger partial charge in [-0.2, -0.15) is 0 Å². The molecule has 1 saturated heterocycles. The van der Waals surface area contributed by atoms with E-state index in [9.17, 15) is 9.90 Å². The first kappa shape index (κ1) is 17.5. The zero-order valence-corrected chi connectivity index (χ0v) is 14.4. The fourth-order valence-corrected chi connectivity index (χ4v) is 3.24. The minimum absolute atomic E-state index is 0.237. The van der Waals surface area contributed by atoms with Gasteiger partial charge in [-0.1, -0.05) is 23.7 Å². The SMILES string of the molecule is O=C(O)N1CCNCC1(COc1cccnc1)Cc1ccc(Cl)cc1. The average Bonchev–Trinajstić information content (AvgIpc) is 2.63. The molecule has 1 amide bonds. The van der Waals surface area contributed by atoms with Crippen LogP contribution in [0.1, 0.15) is 5.56 Å². The molecule has 1 aromatic carbocycles. The maximum absolute atomic E-state index is 11.8. The van der Waals surface area contributed by atoms with Crippen LogP contribution in [0.2, 0.25) is 5.02 Å². The molecule has 1 atom stereocenters. The van der Waals surface area contributed by atoms with Crippen molar-refractivity contribution in [2.24, 2.45) is 0 Å². The summed E-state index contributed by atoms with van der Waals surface area (Å²) in [6.07, 6.45) is 2.88. The van der Waals surface area contributed by atoms with Gasteiger partial charge >= 0.3 is 6.09 Å². The molecule has 1 aromatic heterocycles. The predicted octanol–water partition coefficient (Wildman–Crippen LogP) is 2.68. The molecule has 3 rings (SSSR count). The van der Waals surface area contributed by atoms with E-state index in [0.29, 0.717) is 36.8 Å². The molecule has 25 heavy (non-hydrogen) atoms. The molecule has 1 aliphatic heterocycles. The van der Waals surface area contributed by atoms with Gasteiger partial charge in [0, 0.05) is 37.3 Å². The number of amides is 1. The number of carboxylic acid groups (broad SMARTS) is 1. The Morgan fingerprint density at radius 2 is 2.16 bits per heavy atom. The summed E-state index contributed by atoms with van der Waals surface area (Å²) in [6, 6.07) is 11.1. The molecule has 0 bridgehead atoms. The minimum Gasteiger partial charge on any atom is -0.489 e. The van der Waals surface area contributed by atoms with E-state index in [1.165, 1.54) is 4.90 Å². The Morgan fingerprint density at radius 1 is 1.36 bits per heavy atom. The number of ether oxygens (including phenoxy) is 1. The number of carbonyl (C=O) groups is 1. The van der Waals surface area contributed by atoms with Crippen LogP contribution in [0.5, 0.6) is 5.75 Å². The number of nitrogens with one attached hydrogen (secondary N) is 1. The summed E-state index contributed by atoms with van der Waals surface area (Å²) >= 11 is 5.96. The summed E-state index contributed by atoms with van der Waals surface area (Å²) in [7, 11) is 0. The molecule has 0 radical (unpaired) electrons. The topological polar surface area (TPSA) is 74.7 Å². The first-order valence-electron chi connectivity index (χ1n) is 8.08. The van der Waals surface area contributed by atoms with Crippen molar-refractivity contribution in [1.82, 2.24) is 15.2 Å². The first-order chi connectivity index (χ1) is 12.1. The highest BCUT2D eigenvalue weighted by Crippen LogP contribution is 2.26. The molecule has 132 valence electrons. The largest absolute Gasteiger partial charge is 0.489 e. The molecular weight excluding hydrogens is 342 g/mol. The van der Waals surface area contributed by atoms with E-state index in [4.69, 9.17) is 16.3 Å². The van der Waals surface area contributed by atoms with Gasteiger partial charge in [-0.15, -0.1) is 0 Å². The smallest absolute Gasteiger partial charge is 0.407 e. The van der Waals surface area contributed by atoms with Crippen LogP contribution in [0, 0.1) is 0 Å². The molecule has 7 heteroatoms. The predicted molar refractivity (Wildman–Crippen MR) is 95.2 cm³/mol. The van der Waals surface area contributed by atoms with Crippen LogP contribution in [-0.4, -0.2) is 52.9 Å². The molecule has 0 aliphatic carbocycles. The van der Waals surface area contributed by atoms with Crippen LogP contribution < -0.4 is 10.1 Å². The number of nitrogens with zero attached hydrogens (tertiary/aromatic N) is 2. The second-order valence-electron chi connectivity index (χ2n) is 6.12. The number of rotatable bonds is 5. The number of pyridine rings is 1. The lowest BCUT2D eigenvalue weighted by Crippen LogP contribution is -2.66. The lowest BCUT2D eigenvalue weighted by molar-refractivity contribution is 0.0246. The molecule has 1 fully saturated rings. The highest BCUT2D eigenvalue weighted by Gasteiger charge is 2.43. The lowest BCUT2D eigenvalue weighted by Gasteiger charge is -2.45. The van der Waals surface area contributed by atoms with Gasteiger partial charge in [0.2, 0.25) is 0 Å². The third-order valence-electron chi connectivity index (χ3n) is 4.36. The van der Waals surface area contributed by atoms with Crippen LogP contribution in [0.15, 0.2) is 48.8 Å². The van der Waals surface area contributed by atoms with Crippen molar-refractivity contribution in [3.05, 3.63) is 59.4 Å². The van der Waals surface area contributed by atoms with Gasteiger partial charge < -0.3 is 15.2 Å². The quantitative estimate of drug-likeness (QED) is 0.856. The Bertz CT molecular complexity index is 711. The van der Waals surface area contributed by atoms with E-state index >= 15 is 0 Å². The van der Waals surface area contributed by atoms with Gasteiger partial charge in [-0.25, -0.2) is 4.79 Å². The van der Waals surface area contributed by atoms with Crippen molar-refractivity contribution >= 4 is 17.7 Å². The fraction of sp³-hybridized carbons (Fsp3) is 0.333. The minimum atomic E-state index is -0.940. The van der Waals surface area contributed by atoms with E-state index in [1.807, 2.05) is 30.3 Å². The van der Waals surface area contributed by atoms with E-state index < -0.39 is 11.6 Å². The Balaban J connectivity index is 1.86. The van der Waals surface area contributed by atoms with Crippen molar-refractivity contribution in [2.75, 3.05) is 26.2 Å². The summed E-state index contributed by atoms with van der Waals surface area (Å²) in [4.78, 5) is 17.3. The highest BCUT2D eigenvalue weighted by molar-refractivity contribution is 6.30. The highest BCUT2D eigenvalue weighted by atomic mass is 35.5. The number of benzene rings is 1. The number of piperazine rings is 1. The number of hydrogen-bond acceptors (Lipinski definition) is 4. The monoisotopic (exact) mass is 361 g/mol. The van der Waals surface area contributed by atoms with Crippen LogP contribution in [0.3, 0.4) is 0 Å². The van der Waals surface area contributed by atoms with Gasteiger partial charge in [0.25, 0.3) is 0 Å². The molecule has 6 nitrogen and oxygen atoms in total. The molecular formula is C18H20ClN3O3. The van der Waals surface area contributed by atoms with Crippen LogP contribution in [0.25, 0.3) is 0 Å². The molecule has 2 aromatic rings. The summed E-state index contributed by atoms with van der Waals surface area (Å²) in [5.41, 5.74) is 0.308. The summed E-state index contributed by atoms with van der Waals surface area (Å²) in [5, 5.41) is 13.7. The molecule has 2 N–H and O–H groups in total. The second kappa shape index (κ2) is 7.72. The van der Waals surface area contributed by atoms with Crippen LogP contribution >= 0.6 is 11.6 Å². The average molecular weight is 362 g/mol. The maximum Gasteiger partial charge on any atom is 0.407 e. The van der Waals surface area contributed by atoms with Crippen molar-refractivity contribution in [1.29, 1.82) is 0 Å². The maximum atomic E-state index is 11.8. The lowest BCUT2D eigenvalue weighted by atomic mass is 9.88. The first-order valence-corrected chi connectivity index (χ1v) is 8.45. The van der Waals surface area contributed by atoms with E-state index in [1.54, 1.807) is 18.5 Å². The molecule has 1 aliphatic rings. The van der Waals surface area contributed by atoms with Gasteiger partial charge in [-0.05, 0) is 29.8 Å². The van der Waals surface area contributed by atoms with Gasteiger partial charge in [0.05, 0.1) is 11.7 Å². The van der Waals surface area contributed by atoms with Crippen molar-refractivity contribution in [3.8, 4) is 5.75 Å². The van der Waals surface area contributed by atoms with Gasteiger partial charge in [0.1, 0.15) is 12.4 Å². The Kier molecular flexibility index (Phi) is 5.40. The van der Waals surface area contributed by atoms with Gasteiger partial charge in [0.15, 0.2) is 0 Å². The summed E-state index contributed by atoms with van der Waals surface area (Å²) < 4.78 is 5.89. The third-order valence-corrected chi connectivity index (χ3v) is 4.61. The van der Waals surface area contributed by atoms with Crippen LogP contribution in [0.4, 0.5) is 4.79 Å². The van der Waals surface area contributed by atoms with Crippen molar-refractivity contribution in [2.45, 2.75) is 12.0 Å². The van der Waals surface area contributed by atoms with E-state index in [-0.39, 0.29) is 6.61 Å².